The average Bonchev–Trinajstić information content (AvgIpc) is 2.19. The fourth-order valence-corrected chi connectivity index (χ4v) is 1.22. The molecule has 0 fully saturated rings. The van der Waals surface area contributed by atoms with Crippen molar-refractivity contribution < 1.29 is 14.3 Å². The number of hydrogen-bond acceptors (Lipinski definition) is 3. The molecule has 100 valence electrons. The first-order valence-corrected chi connectivity index (χ1v) is 5.64. The van der Waals surface area contributed by atoms with Crippen LogP contribution in [0.15, 0.2) is 18.2 Å². The maximum atomic E-state index is 13.5. The van der Waals surface area contributed by atoms with Crippen molar-refractivity contribution in [2.24, 2.45) is 0 Å². The second kappa shape index (κ2) is 4.57. The van der Waals surface area contributed by atoms with E-state index in [2.05, 4.69) is 5.32 Å². The van der Waals surface area contributed by atoms with E-state index in [1.807, 2.05) is 0 Å². The number of aliphatic hydroxyl groups is 1. The van der Waals surface area contributed by atoms with Crippen LogP contribution in [0.5, 0.6) is 0 Å². The molecule has 1 amide bonds. The summed E-state index contributed by atoms with van der Waals surface area (Å²) in [6.07, 6.45) is 0. The fourth-order valence-electron chi connectivity index (χ4n) is 1.22. The van der Waals surface area contributed by atoms with Crippen molar-refractivity contribution in [1.82, 2.24) is 5.32 Å². The summed E-state index contributed by atoms with van der Waals surface area (Å²) in [6.45, 7) is 6.47. The van der Waals surface area contributed by atoms with Crippen molar-refractivity contribution in [2.75, 3.05) is 5.73 Å². The maximum Gasteiger partial charge on any atom is 0.254 e. The van der Waals surface area contributed by atoms with Crippen LogP contribution in [0.4, 0.5) is 10.1 Å². The summed E-state index contributed by atoms with van der Waals surface area (Å²) in [5.41, 5.74) is 3.65. The number of nitrogen functional groups attached to an aromatic ring is 1. The van der Waals surface area contributed by atoms with Gasteiger partial charge in [-0.1, -0.05) is 0 Å². The number of amides is 1. The zero-order valence-corrected chi connectivity index (χ0v) is 11.0. The minimum atomic E-state index is -1.14. The number of carbonyl (C=O) groups is 1. The van der Waals surface area contributed by atoms with E-state index in [1.165, 1.54) is 12.1 Å². The summed E-state index contributed by atoms with van der Waals surface area (Å²) in [4.78, 5) is 12.0. The van der Waals surface area contributed by atoms with Gasteiger partial charge in [-0.3, -0.25) is 4.79 Å². The van der Waals surface area contributed by atoms with Crippen LogP contribution >= 0.6 is 0 Å². The second-order valence-electron chi connectivity index (χ2n) is 5.38. The Kier molecular flexibility index (Phi) is 3.67. The summed E-state index contributed by atoms with van der Waals surface area (Å²) in [7, 11) is 0. The second-order valence-corrected chi connectivity index (χ2v) is 5.38. The molecule has 1 aromatic carbocycles. The third kappa shape index (κ3) is 2.98. The van der Waals surface area contributed by atoms with Crippen LogP contribution in [0.3, 0.4) is 0 Å². The molecule has 18 heavy (non-hydrogen) atoms. The van der Waals surface area contributed by atoms with Crippen molar-refractivity contribution in [3.8, 4) is 0 Å². The lowest BCUT2D eigenvalue weighted by Gasteiger charge is -2.38. The highest BCUT2D eigenvalue weighted by atomic mass is 19.1. The predicted molar refractivity (Wildman–Crippen MR) is 68.7 cm³/mol. The van der Waals surface area contributed by atoms with E-state index >= 15 is 0 Å². The van der Waals surface area contributed by atoms with Gasteiger partial charge in [0.2, 0.25) is 0 Å². The maximum absolute atomic E-state index is 13.5. The molecule has 0 spiro atoms. The van der Waals surface area contributed by atoms with Crippen LogP contribution in [-0.4, -0.2) is 22.2 Å². The standard InChI is InChI=1S/C13H19FN2O2/c1-12(2,13(3,4)18)16-11(17)9-7-8(15)5-6-10(9)14/h5-7,18H,15H2,1-4H3,(H,16,17). The molecule has 0 heterocycles. The highest BCUT2D eigenvalue weighted by Gasteiger charge is 2.36. The summed E-state index contributed by atoms with van der Waals surface area (Å²) in [5, 5.41) is 12.5. The SMILES string of the molecule is CC(C)(O)C(C)(C)NC(=O)c1cc(N)ccc1F. The molecule has 0 aromatic heterocycles. The largest absolute Gasteiger partial charge is 0.399 e. The van der Waals surface area contributed by atoms with Crippen LogP contribution in [0, 0.1) is 5.82 Å². The molecular formula is C13H19FN2O2. The highest BCUT2D eigenvalue weighted by Crippen LogP contribution is 2.22. The van der Waals surface area contributed by atoms with Gasteiger partial charge < -0.3 is 16.2 Å². The number of nitrogens with one attached hydrogen (secondary N) is 1. The third-order valence-corrected chi connectivity index (χ3v) is 3.19. The van der Waals surface area contributed by atoms with E-state index < -0.39 is 22.9 Å². The highest BCUT2D eigenvalue weighted by molar-refractivity contribution is 5.95. The van der Waals surface area contributed by atoms with E-state index in [-0.39, 0.29) is 5.56 Å². The van der Waals surface area contributed by atoms with Gasteiger partial charge in [-0.2, -0.15) is 0 Å². The molecule has 0 atom stereocenters. The molecule has 0 bridgehead atoms. The summed E-state index contributed by atoms with van der Waals surface area (Å²) >= 11 is 0. The van der Waals surface area contributed by atoms with Gasteiger partial charge in [0.1, 0.15) is 5.82 Å². The third-order valence-electron chi connectivity index (χ3n) is 3.19. The predicted octanol–water partition coefficient (Wildman–Crippen LogP) is 1.69. The molecule has 0 radical (unpaired) electrons. The van der Waals surface area contributed by atoms with E-state index in [0.29, 0.717) is 5.69 Å². The zero-order chi connectivity index (χ0) is 14.1. The Labute approximate surface area is 106 Å². The van der Waals surface area contributed by atoms with Gasteiger partial charge in [0.25, 0.3) is 5.91 Å². The van der Waals surface area contributed by atoms with Crippen LogP contribution < -0.4 is 11.1 Å². The first-order valence-electron chi connectivity index (χ1n) is 5.64. The summed E-state index contributed by atoms with van der Waals surface area (Å²) in [6, 6.07) is 3.79. The fraction of sp³-hybridized carbons (Fsp3) is 0.462. The number of nitrogens with two attached hydrogens (primary N) is 1. The molecule has 4 N–H and O–H groups in total. The molecule has 0 saturated heterocycles. The number of hydrogen-bond donors (Lipinski definition) is 3. The van der Waals surface area contributed by atoms with Gasteiger partial charge in [0.15, 0.2) is 0 Å². The Morgan fingerprint density at radius 3 is 2.39 bits per heavy atom. The van der Waals surface area contributed by atoms with Crippen LogP contribution in [-0.2, 0) is 0 Å². The number of halogens is 1. The Hall–Kier alpha value is -1.62. The molecule has 1 aromatic rings. The summed E-state index contributed by atoms with van der Waals surface area (Å²) < 4.78 is 13.5. The Morgan fingerprint density at radius 2 is 1.89 bits per heavy atom. The van der Waals surface area contributed by atoms with Crippen LogP contribution in [0.25, 0.3) is 0 Å². The summed E-state index contributed by atoms with van der Waals surface area (Å²) in [5.74, 6) is -1.25. The molecule has 4 nitrogen and oxygen atoms in total. The van der Waals surface area contributed by atoms with Gasteiger partial charge in [-0.05, 0) is 45.9 Å². The smallest absolute Gasteiger partial charge is 0.254 e. The van der Waals surface area contributed by atoms with E-state index in [4.69, 9.17) is 5.73 Å². The van der Waals surface area contributed by atoms with Crippen LogP contribution in [0.2, 0.25) is 0 Å². The van der Waals surface area contributed by atoms with E-state index in [0.717, 1.165) is 6.07 Å². The van der Waals surface area contributed by atoms with Crippen molar-refractivity contribution in [3.63, 3.8) is 0 Å². The number of benzene rings is 1. The molecule has 5 heteroatoms. The first-order chi connectivity index (χ1) is 8.04. The lowest BCUT2D eigenvalue weighted by molar-refractivity contribution is -0.00300. The lowest BCUT2D eigenvalue weighted by atomic mass is 9.85. The van der Waals surface area contributed by atoms with Crippen molar-refractivity contribution >= 4 is 11.6 Å². The molecule has 0 aliphatic heterocycles. The van der Waals surface area contributed by atoms with Crippen LogP contribution in [0.1, 0.15) is 38.1 Å². The van der Waals surface area contributed by atoms with Gasteiger partial charge in [-0.15, -0.1) is 0 Å². The normalized spacial score (nSPS) is 12.3. The Balaban J connectivity index is 3.00. The quantitative estimate of drug-likeness (QED) is 0.718. The molecule has 0 saturated carbocycles. The van der Waals surface area contributed by atoms with Gasteiger partial charge in [0.05, 0.1) is 16.7 Å². The Morgan fingerprint density at radius 1 is 1.33 bits per heavy atom. The van der Waals surface area contributed by atoms with Gasteiger partial charge >= 0.3 is 0 Å². The first kappa shape index (κ1) is 14.4. The van der Waals surface area contributed by atoms with Gasteiger partial charge in [-0.25, -0.2) is 4.39 Å². The van der Waals surface area contributed by atoms with Gasteiger partial charge in [0, 0.05) is 5.69 Å². The molecular weight excluding hydrogens is 235 g/mol. The van der Waals surface area contributed by atoms with E-state index in [9.17, 15) is 14.3 Å². The number of rotatable bonds is 3. The average molecular weight is 254 g/mol. The molecule has 0 aliphatic rings. The lowest BCUT2D eigenvalue weighted by Crippen LogP contribution is -2.57. The zero-order valence-electron chi connectivity index (χ0n) is 11.0. The topological polar surface area (TPSA) is 75.3 Å². The van der Waals surface area contributed by atoms with Crippen molar-refractivity contribution in [2.45, 2.75) is 38.8 Å². The number of anilines is 1. The van der Waals surface area contributed by atoms with E-state index in [1.54, 1.807) is 27.7 Å². The van der Waals surface area contributed by atoms with Crippen molar-refractivity contribution in [3.05, 3.63) is 29.6 Å². The molecule has 0 unspecified atom stereocenters. The minimum absolute atomic E-state index is 0.132. The monoisotopic (exact) mass is 254 g/mol. The molecule has 1 rings (SSSR count). The molecule has 0 aliphatic carbocycles. The minimum Gasteiger partial charge on any atom is -0.399 e. The Bertz CT molecular complexity index is 465. The number of carbonyl (C=O) groups excluding carboxylic acids is 1. The van der Waals surface area contributed by atoms with Crippen molar-refractivity contribution in [1.29, 1.82) is 0 Å².